The molecule has 0 radical (unpaired) electrons. The van der Waals surface area contributed by atoms with E-state index in [2.05, 4.69) is 34.4 Å². The molecular formula is C24H31FN5OP. The molecule has 0 unspecified atom stereocenters. The van der Waals surface area contributed by atoms with Crippen molar-refractivity contribution in [3.05, 3.63) is 35.4 Å². The molecule has 0 spiro atoms. The molecule has 6 nitrogen and oxygen atoms in total. The largest absolute Gasteiger partial charge is 0.357 e. The van der Waals surface area contributed by atoms with Crippen LogP contribution in [0, 0.1) is 5.82 Å². The lowest BCUT2D eigenvalue weighted by Crippen LogP contribution is -2.50. The lowest BCUT2D eigenvalue weighted by molar-refractivity contribution is 0.289. The quantitative estimate of drug-likeness (QED) is 0.509. The molecule has 3 heterocycles. The summed E-state index contributed by atoms with van der Waals surface area (Å²) in [5, 5.41) is 8.38. The molecular weight excluding hydrogens is 424 g/mol. The first-order valence-electron chi connectivity index (χ1n) is 11.4. The van der Waals surface area contributed by atoms with E-state index in [0.717, 1.165) is 72.1 Å². The van der Waals surface area contributed by atoms with Crippen molar-refractivity contribution in [3.8, 4) is 11.3 Å². The standard InChI is InChI=1S/C24H31FN5OP/c1-24(2)9-8-16(13-27-24)28-23-26-12-14-6-5-7-18-20(21(14)30-23)17-10-15(25)11-19(22(17)29-18)32(3,4)31/h10-12,16,27,29H,5-9,13H2,1-4H3,(H,26,28,30)/t16-/m0/s1. The van der Waals surface area contributed by atoms with Crippen LogP contribution in [0.4, 0.5) is 10.3 Å². The van der Waals surface area contributed by atoms with E-state index in [0.29, 0.717) is 11.3 Å². The summed E-state index contributed by atoms with van der Waals surface area (Å²) in [5.74, 6) is 0.234. The molecule has 3 aromatic rings. The highest BCUT2D eigenvalue weighted by Gasteiger charge is 2.28. The second-order valence-electron chi connectivity index (χ2n) is 10.2. The van der Waals surface area contributed by atoms with E-state index in [-0.39, 0.29) is 17.4 Å². The molecule has 32 heavy (non-hydrogen) atoms. The molecule has 1 saturated heterocycles. The summed E-state index contributed by atoms with van der Waals surface area (Å²) in [4.78, 5) is 13.0. The number of aromatic nitrogens is 3. The van der Waals surface area contributed by atoms with Gasteiger partial charge in [0.25, 0.3) is 0 Å². The average molecular weight is 456 g/mol. The number of piperidine rings is 1. The maximum Gasteiger partial charge on any atom is 0.223 e. The van der Waals surface area contributed by atoms with Gasteiger partial charge in [-0.25, -0.2) is 14.4 Å². The number of aromatic amines is 1. The van der Waals surface area contributed by atoms with Crippen LogP contribution < -0.4 is 15.9 Å². The van der Waals surface area contributed by atoms with Gasteiger partial charge in [-0.15, -0.1) is 0 Å². The Balaban J connectivity index is 1.59. The number of aryl methyl sites for hydroxylation is 2. The normalized spacial score (nSPS) is 20.5. The fourth-order valence-corrected chi connectivity index (χ4v) is 6.09. The van der Waals surface area contributed by atoms with Crippen molar-refractivity contribution in [1.29, 1.82) is 0 Å². The van der Waals surface area contributed by atoms with Crippen LogP contribution in [0.25, 0.3) is 22.2 Å². The molecule has 1 aliphatic heterocycles. The third-order valence-electron chi connectivity index (χ3n) is 6.76. The SMILES string of the molecule is CC1(C)CC[C@H](Nc2ncc3c(n2)-c2c([nH]c4c(P(C)(C)=O)cc(F)cc24)CCC3)CN1. The zero-order chi connectivity index (χ0) is 22.7. The van der Waals surface area contributed by atoms with Gasteiger partial charge in [0.1, 0.15) is 13.0 Å². The van der Waals surface area contributed by atoms with E-state index < -0.39 is 7.14 Å². The van der Waals surface area contributed by atoms with Crippen LogP contribution in [-0.4, -0.2) is 46.4 Å². The summed E-state index contributed by atoms with van der Waals surface area (Å²) >= 11 is 0. The van der Waals surface area contributed by atoms with Crippen LogP contribution in [-0.2, 0) is 17.4 Å². The summed E-state index contributed by atoms with van der Waals surface area (Å²) in [6.07, 6.45) is 6.71. The lowest BCUT2D eigenvalue weighted by atomic mass is 9.91. The number of H-pyrrole nitrogens is 1. The van der Waals surface area contributed by atoms with E-state index in [1.54, 1.807) is 19.4 Å². The van der Waals surface area contributed by atoms with E-state index in [4.69, 9.17) is 4.98 Å². The van der Waals surface area contributed by atoms with Gasteiger partial charge in [0.2, 0.25) is 5.95 Å². The number of nitrogens with one attached hydrogen (secondary N) is 3. The van der Waals surface area contributed by atoms with E-state index in [1.807, 2.05) is 6.20 Å². The fraction of sp³-hybridized carbons (Fsp3) is 0.500. The monoisotopic (exact) mass is 455 g/mol. The van der Waals surface area contributed by atoms with E-state index >= 15 is 0 Å². The lowest BCUT2D eigenvalue weighted by Gasteiger charge is -2.36. The summed E-state index contributed by atoms with van der Waals surface area (Å²) < 4.78 is 27.5. The molecule has 8 heteroatoms. The van der Waals surface area contributed by atoms with Crippen molar-refractivity contribution in [3.63, 3.8) is 0 Å². The van der Waals surface area contributed by atoms with Crippen molar-refractivity contribution in [2.75, 3.05) is 25.2 Å². The number of halogens is 1. The molecule has 1 atom stereocenters. The topological polar surface area (TPSA) is 82.7 Å². The fourth-order valence-electron chi connectivity index (χ4n) is 4.94. The minimum atomic E-state index is -2.66. The van der Waals surface area contributed by atoms with Crippen LogP contribution in [0.3, 0.4) is 0 Å². The Morgan fingerprint density at radius 3 is 2.78 bits per heavy atom. The predicted octanol–water partition coefficient (Wildman–Crippen LogP) is 4.44. The molecule has 2 aromatic heterocycles. The summed E-state index contributed by atoms with van der Waals surface area (Å²) in [5.41, 5.74) is 4.80. The average Bonchev–Trinajstić information content (AvgIpc) is 2.96. The number of fused-ring (bicyclic) bond motifs is 5. The van der Waals surface area contributed by atoms with Crippen molar-refractivity contribution in [2.45, 2.75) is 57.5 Å². The summed E-state index contributed by atoms with van der Waals surface area (Å²) in [6.45, 7) is 8.68. The predicted molar refractivity (Wildman–Crippen MR) is 129 cm³/mol. The summed E-state index contributed by atoms with van der Waals surface area (Å²) in [6, 6.07) is 3.22. The van der Waals surface area contributed by atoms with Gasteiger partial charge in [-0.05, 0) is 77.0 Å². The van der Waals surface area contributed by atoms with Gasteiger partial charge in [-0.1, -0.05) is 0 Å². The van der Waals surface area contributed by atoms with Gasteiger partial charge >= 0.3 is 0 Å². The van der Waals surface area contributed by atoms with Gasteiger partial charge in [-0.2, -0.15) is 0 Å². The number of hydrogen-bond donors (Lipinski definition) is 3. The molecule has 0 bridgehead atoms. The summed E-state index contributed by atoms with van der Waals surface area (Å²) in [7, 11) is -2.66. The maximum absolute atomic E-state index is 14.6. The number of anilines is 1. The van der Waals surface area contributed by atoms with Gasteiger partial charge in [0.05, 0.1) is 11.2 Å². The number of benzene rings is 1. The number of hydrogen-bond acceptors (Lipinski definition) is 5. The van der Waals surface area contributed by atoms with Gasteiger partial charge in [-0.3, -0.25) is 0 Å². The van der Waals surface area contributed by atoms with Crippen LogP contribution in [0.15, 0.2) is 18.3 Å². The molecule has 1 aromatic carbocycles. The highest BCUT2D eigenvalue weighted by atomic mass is 31.2. The minimum absolute atomic E-state index is 0.158. The zero-order valence-corrected chi connectivity index (χ0v) is 20.1. The molecule has 3 N–H and O–H groups in total. The van der Waals surface area contributed by atoms with Crippen LogP contribution >= 0.6 is 7.14 Å². The van der Waals surface area contributed by atoms with Crippen molar-refractivity contribution < 1.29 is 8.96 Å². The Bertz CT molecular complexity index is 1230. The molecule has 1 fully saturated rings. The number of rotatable bonds is 3. The molecule has 1 aliphatic carbocycles. The molecule has 5 rings (SSSR count). The second-order valence-corrected chi connectivity index (χ2v) is 13.4. The molecule has 0 saturated carbocycles. The second kappa shape index (κ2) is 7.67. The molecule has 2 aliphatic rings. The zero-order valence-electron chi connectivity index (χ0n) is 19.2. The van der Waals surface area contributed by atoms with Crippen LogP contribution in [0.5, 0.6) is 0 Å². The first-order valence-corrected chi connectivity index (χ1v) is 14.0. The van der Waals surface area contributed by atoms with Gasteiger partial charge < -0.3 is 20.2 Å². The van der Waals surface area contributed by atoms with Gasteiger partial charge in [0, 0.05) is 46.3 Å². The Labute approximate surface area is 188 Å². The Morgan fingerprint density at radius 1 is 1.25 bits per heavy atom. The van der Waals surface area contributed by atoms with Gasteiger partial charge in [0.15, 0.2) is 0 Å². The number of nitrogens with zero attached hydrogens (tertiary/aromatic N) is 2. The third-order valence-corrected chi connectivity index (χ3v) is 8.27. The van der Waals surface area contributed by atoms with Crippen LogP contribution in [0.2, 0.25) is 0 Å². The first kappa shape index (κ1) is 21.6. The van der Waals surface area contributed by atoms with E-state index in [9.17, 15) is 8.96 Å². The van der Waals surface area contributed by atoms with E-state index in [1.165, 1.54) is 6.07 Å². The maximum atomic E-state index is 14.6. The Kier molecular flexibility index (Phi) is 5.18. The molecule has 0 amide bonds. The third kappa shape index (κ3) is 3.97. The van der Waals surface area contributed by atoms with Crippen molar-refractivity contribution in [1.82, 2.24) is 20.3 Å². The van der Waals surface area contributed by atoms with Crippen molar-refractivity contribution >= 4 is 29.3 Å². The van der Waals surface area contributed by atoms with Crippen LogP contribution in [0.1, 0.15) is 44.4 Å². The highest BCUT2D eigenvalue weighted by Crippen LogP contribution is 2.42. The van der Waals surface area contributed by atoms with Crippen molar-refractivity contribution in [2.24, 2.45) is 0 Å². The molecule has 170 valence electrons. The Hall–Kier alpha value is -2.24. The minimum Gasteiger partial charge on any atom is -0.357 e. The smallest absolute Gasteiger partial charge is 0.223 e. The Morgan fingerprint density at radius 2 is 2.06 bits per heavy atom. The highest BCUT2D eigenvalue weighted by molar-refractivity contribution is 7.70. The first-order chi connectivity index (χ1) is 15.1.